The number of azide groups is 4. The second-order valence-electron chi connectivity index (χ2n) is 4.57. The summed E-state index contributed by atoms with van der Waals surface area (Å²) in [7, 11) is 0. The van der Waals surface area contributed by atoms with Gasteiger partial charge in [-0.2, -0.15) is 0 Å². The summed E-state index contributed by atoms with van der Waals surface area (Å²) in [5, 5.41) is 14.0. The topological polar surface area (TPSA) is 312 Å². The monoisotopic (exact) mass is 1500 g/mol. The number of hydrogen-bond acceptors (Lipinski definition) is 4. The number of rotatable bonds is 13. The van der Waals surface area contributed by atoms with E-state index >= 15 is 0 Å². The Hall–Kier alpha value is 5.15. The molecule has 0 atom stereocenters. The van der Waals surface area contributed by atoms with Gasteiger partial charge in [-0.25, -0.2) is 0 Å². The standard InChI is InChI=1S/C3H6BrCl.C3H6ClN3.C3H6IN3.C2H4ClI.C2H4ClN3.C2H4IN3.6CH4.2HI.2N3.4Na/c4-2-1-3-5;2*4-2-1-3-6-7-5;3-1-2-4;2*3-1-2-5-6-4;;;;;;;;;2*1-3-2;;;;/h1-3H2;2*1-3H2;1-2H2;2*1-2H2;6*1H4;2*1H;;;;;;/q;;;;;;;;;;;;;;2*-1;4*+1/p-2. The average molecular weight is 1510 g/mol. The van der Waals surface area contributed by atoms with Gasteiger partial charge >= 0.3 is 118 Å². The van der Waals surface area contributed by atoms with Crippen LogP contribution in [-0.4, -0.2) is 68.3 Å². The van der Waals surface area contributed by atoms with Crippen molar-refractivity contribution in [2.24, 2.45) is 20.5 Å². The minimum atomic E-state index is 0. The predicted molar refractivity (Wildman–Crippen MR) is 244 cm³/mol. The molecule has 32 heteroatoms. The van der Waals surface area contributed by atoms with E-state index in [1.54, 1.807) is 0 Å². The van der Waals surface area contributed by atoms with E-state index in [1.165, 1.54) is 9.82 Å². The van der Waals surface area contributed by atoms with Crippen molar-refractivity contribution in [2.75, 3.05) is 68.3 Å². The summed E-state index contributed by atoms with van der Waals surface area (Å²) < 4.78 is 3.03. The van der Waals surface area contributed by atoms with Gasteiger partial charge in [0.25, 0.3) is 0 Å². The Morgan fingerprint density at radius 2 is 0.679 bits per heavy atom. The molecule has 53 heavy (non-hydrogen) atoms. The SMILES string of the molecule is C.C.C.C.C.C.ClCCCBr.ClCCI.[I-].[I-].[N-]=[N+]=NCCCCl.[N-]=[N+]=NCCCI.[N-]=[N+]=NCCCl.[N-]=[N+]=NCCI.[N-]=[N+]=[N-].[N-]=[N+]=[N-].[Na+].[Na+].[Na+].[Na+]. The molecule has 0 heterocycles. The minimum Gasteiger partial charge on any atom is -1.00 e. The summed E-state index contributed by atoms with van der Waals surface area (Å²) in [6.07, 6.45) is 2.83. The van der Waals surface area contributed by atoms with Gasteiger partial charge in [0.05, 0.1) is 0 Å². The van der Waals surface area contributed by atoms with Crippen LogP contribution in [0.5, 0.6) is 0 Å². The van der Waals surface area contributed by atoms with Crippen molar-refractivity contribution >= 4 is 130 Å². The van der Waals surface area contributed by atoms with Crippen LogP contribution in [0.25, 0.3) is 73.7 Å². The van der Waals surface area contributed by atoms with Crippen molar-refractivity contribution in [1.29, 1.82) is 0 Å². The van der Waals surface area contributed by atoms with Crippen molar-refractivity contribution in [3.8, 4) is 0 Å². The summed E-state index contributed by atoms with van der Waals surface area (Å²) in [6.45, 7) is 2.15. The van der Waals surface area contributed by atoms with E-state index < -0.39 is 0 Å². The molecular formula is C21H54BrCl4I5N18Na4. The van der Waals surface area contributed by atoms with Crippen molar-refractivity contribution in [3.05, 3.63) is 73.7 Å². The number of hydrogen-bond donors (Lipinski definition) is 0. The first kappa shape index (κ1) is 130. The van der Waals surface area contributed by atoms with Crippen LogP contribution < -0.4 is 166 Å². The molecule has 0 radical (unpaired) electrons. The first-order valence-electron chi connectivity index (χ1n) is 10.3. The van der Waals surface area contributed by atoms with E-state index in [1.807, 2.05) is 0 Å². The van der Waals surface area contributed by atoms with Crippen LogP contribution in [0.2, 0.25) is 0 Å². The summed E-state index contributed by atoms with van der Waals surface area (Å²) in [6, 6.07) is 0. The van der Waals surface area contributed by atoms with Crippen LogP contribution in [0.4, 0.5) is 0 Å². The Balaban J connectivity index is -0.0000000128. The van der Waals surface area contributed by atoms with E-state index in [4.69, 9.17) is 90.7 Å². The first-order chi connectivity index (χ1) is 19.8. The van der Waals surface area contributed by atoms with Gasteiger partial charge in [-0.05, 0) is 45.8 Å². The molecule has 0 aromatic carbocycles. The Bertz CT molecular complexity index is 685. The molecule has 18 nitrogen and oxygen atoms in total. The van der Waals surface area contributed by atoms with Gasteiger partial charge in [0.2, 0.25) is 0 Å². The number of halogens is 10. The van der Waals surface area contributed by atoms with Crippen molar-refractivity contribution in [1.82, 2.24) is 0 Å². The Kier molecular flexibility index (Phi) is 488. The molecule has 0 spiro atoms. The number of alkyl halides is 8. The quantitative estimate of drug-likeness (QED) is 0.0389. The molecule has 0 aromatic rings. The van der Waals surface area contributed by atoms with Gasteiger partial charge in [0.1, 0.15) is 0 Å². The van der Waals surface area contributed by atoms with Crippen LogP contribution in [0.1, 0.15) is 63.8 Å². The zero-order chi connectivity index (χ0) is 33.7. The van der Waals surface area contributed by atoms with Gasteiger partial charge < -0.3 is 70.1 Å². The van der Waals surface area contributed by atoms with Gasteiger partial charge in [-0.15, -0.1) is 46.4 Å². The second-order valence-corrected chi connectivity index (χ2v) is 10.1. The summed E-state index contributed by atoms with van der Waals surface area (Å²) in [5.74, 6) is 2.52. The van der Waals surface area contributed by atoms with E-state index in [9.17, 15) is 0 Å². The fourth-order valence-corrected chi connectivity index (χ4v) is 2.05. The molecule has 302 valence electrons. The fraction of sp³-hybridized carbons (Fsp3) is 1.00. The first-order valence-corrected chi connectivity index (χ1v) is 18.1. The maximum Gasteiger partial charge on any atom is 1.00 e. The molecule has 0 aromatic heterocycles. The molecule has 0 amide bonds. The molecule has 0 aliphatic rings. The van der Waals surface area contributed by atoms with E-state index in [0.717, 1.165) is 49.6 Å². The third-order valence-electron chi connectivity index (χ3n) is 1.74. The molecule has 0 bridgehead atoms. The summed E-state index contributed by atoms with van der Waals surface area (Å²) in [4.78, 5) is 13.1. The second kappa shape index (κ2) is 198. The normalized spacial score (nSPS) is 5.21. The van der Waals surface area contributed by atoms with Crippen LogP contribution >= 0.6 is 130 Å². The van der Waals surface area contributed by atoms with E-state index in [0.29, 0.717) is 37.9 Å². The maximum absolute atomic E-state index is 7.75. The largest absolute Gasteiger partial charge is 1.00 e. The van der Waals surface area contributed by atoms with Crippen LogP contribution in [0.15, 0.2) is 20.5 Å². The Labute approximate surface area is 512 Å². The predicted octanol–water partition coefficient (Wildman–Crippen LogP) is -1.44. The summed E-state index contributed by atoms with van der Waals surface area (Å²) >= 11 is 30.7. The van der Waals surface area contributed by atoms with Crippen LogP contribution in [-0.2, 0) is 0 Å². The van der Waals surface area contributed by atoms with Crippen LogP contribution in [0, 0.1) is 0 Å². The molecule has 0 unspecified atom stereocenters. The molecule has 0 N–H and O–H groups in total. The van der Waals surface area contributed by atoms with Gasteiger partial charge in [0.15, 0.2) is 0 Å². The third-order valence-corrected chi connectivity index (χ3v) is 5.62. The van der Waals surface area contributed by atoms with Gasteiger partial charge in [-0.3, -0.25) is 9.82 Å². The molecule has 0 saturated heterocycles. The molecule has 0 aliphatic heterocycles. The molecule has 0 saturated carbocycles. The maximum atomic E-state index is 7.75. The van der Waals surface area contributed by atoms with Gasteiger partial charge in [0, 0.05) is 83.5 Å². The van der Waals surface area contributed by atoms with E-state index in [-0.39, 0.29) is 211 Å². The Morgan fingerprint density at radius 1 is 0.415 bits per heavy atom. The average Bonchev–Trinajstić information content (AvgIpc) is 2.98. The van der Waals surface area contributed by atoms with E-state index in [2.05, 4.69) is 124 Å². The summed E-state index contributed by atoms with van der Waals surface area (Å²) in [5.41, 5.74) is 57.7. The van der Waals surface area contributed by atoms with Gasteiger partial charge in [-0.1, -0.05) is 149 Å². The zero-order valence-electron chi connectivity index (χ0n) is 26.4. The van der Waals surface area contributed by atoms with Crippen molar-refractivity contribution < 1.29 is 166 Å². The Morgan fingerprint density at radius 3 is 0.811 bits per heavy atom. The molecule has 0 aliphatic carbocycles. The van der Waals surface area contributed by atoms with Crippen molar-refractivity contribution in [2.45, 2.75) is 63.8 Å². The third kappa shape index (κ3) is 354. The smallest absolute Gasteiger partial charge is 1.00 e. The molecular weight excluding hydrogens is 1450 g/mol. The molecule has 0 rings (SSSR count). The fourth-order valence-electron chi connectivity index (χ4n) is 0.566. The number of nitrogens with zero attached hydrogens (tertiary/aromatic N) is 18. The zero-order valence-corrected chi connectivity index (χ0v) is 49.8. The van der Waals surface area contributed by atoms with Crippen molar-refractivity contribution in [3.63, 3.8) is 0 Å². The minimum absolute atomic E-state index is 0. The molecule has 0 fully saturated rings. The van der Waals surface area contributed by atoms with Crippen LogP contribution in [0.3, 0.4) is 0 Å².